The van der Waals surface area contributed by atoms with Crippen molar-refractivity contribution in [3.63, 3.8) is 0 Å². The van der Waals surface area contributed by atoms with E-state index in [2.05, 4.69) is 39.1 Å². The van der Waals surface area contributed by atoms with Crippen LogP contribution in [0.2, 0.25) is 0 Å². The lowest BCUT2D eigenvalue weighted by Crippen LogP contribution is -2.58. The summed E-state index contributed by atoms with van der Waals surface area (Å²) in [6.45, 7) is 2.20. The second-order valence-corrected chi connectivity index (χ2v) is 7.35. The van der Waals surface area contributed by atoms with Gasteiger partial charge in [-0.05, 0) is 57.1 Å². The van der Waals surface area contributed by atoms with Crippen LogP contribution in [0.25, 0.3) is 0 Å². The Morgan fingerprint density at radius 3 is 2.20 bits per heavy atom. The van der Waals surface area contributed by atoms with Gasteiger partial charge in [-0.3, -0.25) is 4.90 Å². The van der Waals surface area contributed by atoms with Crippen LogP contribution in [0.15, 0.2) is 34.3 Å². The monoisotopic (exact) mass is 340 g/mol. The van der Waals surface area contributed by atoms with Gasteiger partial charge in [-0.2, -0.15) is 4.99 Å². The molecule has 1 aromatic rings. The molecule has 1 aliphatic carbocycles. The summed E-state index contributed by atoms with van der Waals surface area (Å²) in [4.78, 5) is 13.7. The molecule has 4 N–H and O–H groups in total. The lowest BCUT2D eigenvalue weighted by atomic mass is 9.87. The predicted octanol–water partition coefficient (Wildman–Crippen LogP) is 2.79. The third kappa shape index (κ3) is 2.94. The number of nitrogens with two attached hydrogens (primary N) is 2. The molecule has 2 fully saturated rings. The van der Waals surface area contributed by atoms with E-state index in [1.807, 2.05) is 0 Å². The number of nitrogens with zero attached hydrogens (tertiary/aromatic N) is 4. The number of piperidine rings is 1. The van der Waals surface area contributed by atoms with Gasteiger partial charge in [0.1, 0.15) is 5.66 Å². The van der Waals surface area contributed by atoms with Gasteiger partial charge in [-0.15, -0.1) is 0 Å². The Morgan fingerprint density at radius 1 is 0.840 bits per heavy atom. The lowest BCUT2D eigenvalue weighted by molar-refractivity contribution is 0.305. The van der Waals surface area contributed by atoms with Crippen LogP contribution in [0.4, 0.5) is 11.4 Å². The molecule has 0 radical (unpaired) electrons. The zero-order valence-electron chi connectivity index (χ0n) is 14.8. The van der Waals surface area contributed by atoms with Gasteiger partial charge < -0.3 is 16.4 Å². The van der Waals surface area contributed by atoms with Crippen LogP contribution in [-0.4, -0.2) is 30.7 Å². The Bertz CT molecular complexity index is 683. The van der Waals surface area contributed by atoms with Crippen LogP contribution in [-0.2, 0) is 0 Å². The number of anilines is 2. The minimum atomic E-state index is -0.375. The summed E-state index contributed by atoms with van der Waals surface area (Å²) in [5.41, 5.74) is 14.4. The second kappa shape index (κ2) is 6.58. The highest BCUT2D eigenvalue weighted by molar-refractivity contribution is 6.07. The molecule has 0 unspecified atom stereocenters. The molecule has 3 aliphatic rings. The molecule has 1 aromatic carbocycles. The smallest absolute Gasteiger partial charge is 0.220 e. The molecule has 2 aliphatic heterocycles. The zero-order chi connectivity index (χ0) is 17.3. The Morgan fingerprint density at radius 2 is 1.48 bits per heavy atom. The van der Waals surface area contributed by atoms with E-state index in [4.69, 9.17) is 16.5 Å². The standard InChI is InChI=1S/C19H28N6/c20-17-22-18(21)25(19(23-17)11-5-1-6-12-19)16-10-4-3-9-15(16)24-13-7-2-8-14-24/h3-4,9-10H,1-2,5-8,11-14H2,(H4,20,21,22,23). The second-order valence-electron chi connectivity index (χ2n) is 7.35. The molecule has 1 saturated carbocycles. The maximum Gasteiger partial charge on any atom is 0.220 e. The number of hydrogen-bond acceptors (Lipinski definition) is 6. The van der Waals surface area contributed by atoms with Crippen molar-refractivity contribution in [2.24, 2.45) is 21.5 Å². The summed E-state index contributed by atoms with van der Waals surface area (Å²) >= 11 is 0. The molecule has 6 nitrogen and oxygen atoms in total. The Kier molecular flexibility index (Phi) is 4.27. The van der Waals surface area contributed by atoms with E-state index < -0.39 is 0 Å². The number of aliphatic imine (C=N–C) groups is 2. The zero-order valence-corrected chi connectivity index (χ0v) is 14.8. The maximum atomic E-state index is 6.40. The first-order valence-corrected chi connectivity index (χ1v) is 9.53. The van der Waals surface area contributed by atoms with Crippen molar-refractivity contribution in [2.45, 2.75) is 57.0 Å². The van der Waals surface area contributed by atoms with Gasteiger partial charge in [0.15, 0.2) is 0 Å². The van der Waals surface area contributed by atoms with E-state index in [0.29, 0.717) is 11.9 Å². The number of para-hydroxylation sites is 2. The fraction of sp³-hybridized carbons (Fsp3) is 0.579. The van der Waals surface area contributed by atoms with Gasteiger partial charge in [0, 0.05) is 13.1 Å². The molecule has 0 aromatic heterocycles. The van der Waals surface area contributed by atoms with Crippen LogP contribution < -0.4 is 21.3 Å². The van der Waals surface area contributed by atoms with E-state index in [-0.39, 0.29) is 5.66 Å². The summed E-state index contributed by atoms with van der Waals surface area (Å²) in [5.74, 6) is 0.782. The highest BCUT2D eigenvalue weighted by Crippen LogP contribution is 2.43. The van der Waals surface area contributed by atoms with Crippen molar-refractivity contribution in [2.75, 3.05) is 22.9 Å². The van der Waals surface area contributed by atoms with Crippen molar-refractivity contribution in [3.05, 3.63) is 24.3 Å². The van der Waals surface area contributed by atoms with Crippen molar-refractivity contribution in [1.82, 2.24) is 0 Å². The van der Waals surface area contributed by atoms with Crippen molar-refractivity contribution < 1.29 is 0 Å². The molecule has 1 saturated heterocycles. The average Bonchev–Trinajstić information content (AvgIpc) is 2.63. The van der Waals surface area contributed by atoms with Crippen molar-refractivity contribution >= 4 is 23.3 Å². The van der Waals surface area contributed by atoms with Gasteiger partial charge in [-0.1, -0.05) is 18.6 Å². The maximum absolute atomic E-state index is 6.40. The fourth-order valence-corrected chi connectivity index (χ4v) is 4.53. The molecule has 134 valence electrons. The molecular formula is C19H28N6. The van der Waals surface area contributed by atoms with E-state index in [9.17, 15) is 0 Å². The van der Waals surface area contributed by atoms with Gasteiger partial charge >= 0.3 is 0 Å². The molecule has 0 bridgehead atoms. The number of benzene rings is 1. The Labute approximate surface area is 149 Å². The summed E-state index contributed by atoms with van der Waals surface area (Å²) in [6.07, 6.45) is 9.28. The average molecular weight is 340 g/mol. The Hall–Kier alpha value is -2.24. The molecule has 1 spiro atoms. The topological polar surface area (TPSA) is 83.2 Å². The molecule has 6 heteroatoms. The highest BCUT2D eigenvalue weighted by atomic mass is 15.4. The molecule has 25 heavy (non-hydrogen) atoms. The van der Waals surface area contributed by atoms with Crippen LogP contribution in [0.5, 0.6) is 0 Å². The largest absolute Gasteiger partial charge is 0.370 e. The normalized spacial score (nSPS) is 23.4. The summed E-state index contributed by atoms with van der Waals surface area (Å²) < 4.78 is 0. The first-order valence-electron chi connectivity index (χ1n) is 9.53. The molecule has 4 rings (SSSR count). The van der Waals surface area contributed by atoms with E-state index >= 15 is 0 Å². The van der Waals surface area contributed by atoms with Gasteiger partial charge in [-0.25, -0.2) is 4.99 Å². The highest BCUT2D eigenvalue weighted by Gasteiger charge is 2.43. The number of guanidine groups is 2. The SMILES string of the molecule is NC1=NC2(CCCCC2)N(c2ccccc2N2CCCCC2)C(N)=N1. The third-order valence-electron chi connectivity index (χ3n) is 5.67. The summed E-state index contributed by atoms with van der Waals surface area (Å²) in [6, 6.07) is 8.54. The molecule has 0 amide bonds. The lowest BCUT2D eigenvalue weighted by Gasteiger charge is -2.47. The van der Waals surface area contributed by atoms with E-state index in [0.717, 1.165) is 44.5 Å². The van der Waals surface area contributed by atoms with Gasteiger partial charge in [0.05, 0.1) is 11.4 Å². The number of hydrogen-bond donors (Lipinski definition) is 2. The van der Waals surface area contributed by atoms with Gasteiger partial charge in [0.2, 0.25) is 11.9 Å². The van der Waals surface area contributed by atoms with Crippen LogP contribution in [0.1, 0.15) is 51.4 Å². The quantitative estimate of drug-likeness (QED) is 0.867. The van der Waals surface area contributed by atoms with Crippen molar-refractivity contribution in [3.8, 4) is 0 Å². The fourth-order valence-electron chi connectivity index (χ4n) is 4.53. The first kappa shape index (κ1) is 16.2. The minimum Gasteiger partial charge on any atom is -0.370 e. The molecule has 2 heterocycles. The Balaban J connectivity index is 1.78. The number of rotatable bonds is 2. The van der Waals surface area contributed by atoms with Crippen LogP contribution in [0.3, 0.4) is 0 Å². The first-order chi connectivity index (χ1) is 12.2. The summed E-state index contributed by atoms with van der Waals surface area (Å²) in [5, 5.41) is 0. The van der Waals surface area contributed by atoms with Gasteiger partial charge in [0.25, 0.3) is 0 Å². The van der Waals surface area contributed by atoms with E-state index in [1.165, 1.54) is 31.4 Å². The third-order valence-corrected chi connectivity index (χ3v) is 5.67. The van der Waals surface area contributed by atoms with Crippen LogP contribution in [0, 0.1) is 0 Å². The molecule has 0 atom stereocenters. The van der Waals surface area contributed by atoms with Crippen LogP contribution >= 0.6 is 0 Å². The predicted molar refractivity (Wildman–Crippen MR) is 104 cm³/mol. The summed E-state index contributed by atoms with van der Waals surface area (Å²) in [7, 11) is 0. The molecular weight excluding hydrogens is 312 g/mol. The minimum absolute atomic E-state index is 0.311. The van der Waals surface area contributed by atoms with E-state index in [1.54, 1.807) is 0 Å². The van der Waals surface area contributed by atoms with Crippen molar-refractivity contribution in [1.29, 1.82) is 0 Å².